The van der Waals surface area contributed by atoms with Crippen LogP contribution in [0.4, 0.5) is 0 Å². The van der Waals surface area contributed by atoms with E-state index in [4.69, 9.17) is 9.39 Å². The molecule has 0 aliphatic carbocycles. The number of nitrogens with zero attached hydrogens (tertiary/aromatic N) is 2. The van der Waals surface area contributed by atoms with Crippen LogP contribution in [-0.2, 0) is 4.65 Å². The van der Waals surface area contributed by atoms with Crippen LogP contribution in [0.2, 0.25) is 0 Å². The molecule has 1 aromatic rings. The fourth-order valence-corrected chi connectivity index (χ4v) is 2.67. The summed E-state index contributed by atoms with van der Waals surface area (Å²) >= 11 is 0. The van der Waals surface area contributed by atoms with Crippen LogP contribution in [0.25, 0.3) is 0 Å². The molecule has 0 spiro atoms. The van der Waals surface area contributed by atoms with Gasteiger partial charge in [0.2, 0.25) is 0 Å². The maximum absolute atomic E-state index is 10.1. The van der Waals surface area contributed by atoms with Crippen LogP contribution in [0.1, 0.15) is 34.1 Å². The monoisotopic (exact) mass is 362 g/mol. The molecule has 26 heavy (non-hydrogen) atoms. The molecule has 1 heterocycles. The summed E-state index contributed by atoms with van der Waals surface area (Å²) in [6.07, 6.45) is 1.05. The Balaban J connectivity index is 1.67. The van der Waals surface area contributed by atoms with Gasteiger partial charge in [-0.2, -0.15) is 0 Å². The van der Waals surface area contributed by atoms with Crippen LogP contribution >= 0.6 is 0 Å². The Morgan fingerprint density at radius 2 is 1.65 bits per heavy atom. The summed E-state index contributed by atoms with van der Waals surface area (Å²) in [6, 6.07) is 8.03. The van der Waals surface area contributed by atoms with Crippen molar-refractivity contribution >= 4 is 12.9 Å². The molecule has 0 saturated carbocycles. The highest BCUT2D eigenvalue weighted by molar-refractivity contribution is 6.47. The molecule has 146 valence electrons. The molecule has 0 bridgehead atoms. The Morgan fingerprint density at radius 3 is 2.23 bits per heavy atom. The molecular weight excluding hydrogens is 327 g/mol. The average molecular weight is 362 g/mol. The lowest BCUT2D eigenvalue weighted by atomic mass is 9.82. The molecule has 0 aromatic heterocycles. The summed E-state index contributed by atoms with van der Waals surface area (Å²) in [5, 5.41) is 10.1. The second-order valence-corrected chi connectivity index (χ2v) is 8.35. The number of ether oxygens (including phenoxy) is 1. The van der Waals surface area contributed by atoms with Crippen LogP contribution < -0.4 is 10.2 Å². The third kappa shape index (κ3) is 6.58. The topological polar surface area (TPSA) is 45.2 Å². The van der Waals surface area contributed by atoms with Crippen molar-refractivity contribution < 1.29 is 14.5 Å². The maximum atomic E-state index is 10.1. The van der Waals surface area contributed by atoms with Gasteiger partial charge in [0.05, 0.1) is 17.8 Å². The van der Waals surface area contributed by atoms with E-state index in [1.165, 1.54) is 0 Å². The van der Waals surface area contributed by atoms with E-state index < -0.39 is 11.2 Å². The van der Waals surface area contributed by atoms with Gasteiger partial charge < -0.3 is 24.3 Å². The van der Waals surface area contributed by atoms with Gasteiger partial charge >= 0.3 is 7.48 Å². The van der Waals surface area contributed by atoms with E-state index in [1.54, 1.807) is 13.8 Å². The van der Waals surface area contributed by atoms with Crippen LogP contribution in [-0.4, -0.2) is 80.0 Å². The Morgan fingerprint density at radius 1 is 1.04 bits per heavy atom. The molecule has 5 nitrogen and oxygen atoms in total. The predicted octanol–water partition coefficient (Wildman–Crippen LogP) is 1.25. The van der Waals surface area contributed by atoms with Crippen molar-refractivity contribution in [2.24, 2.45) is 0 Å². The highest BCUT2D eigenvalue weighted by Gasteiger charge is 2.35. The number of benzene rings is 1. The highest BCUT2D eigenvalue weighted by Crippen LogP contribution is 2.24. The van der Waals surface area contributed by atoms with Crippen LogP contribution in [0.5, 0.6) is 5.75 Å². The molecular formula is C20H35BN2O3. The lowest BCUT2D eigenvalue weighted by Gasteiger charge is -2.37. The van der Waals surface area contributed by atoms with Gasteiger partial charge in [0.25, 0.3) is 0 Å². The first-order chi connectivity index (χ1) is 12.2. The molecule has 1 aromatic carbocycles. The molecule has 1 aliphatic heterocycles. The molecule has 1 saturated heterocycles. The van der Waals surface area contributed by atoms with Crippen molar-refractivity contribution in [3.05, 3.63) is 24.3 Å². The lowest BCUT2D eigenvalue weighted by Crippen LogP contribution is -2.49. The van der Waals surface area contributed by atoms with Gasteiger partial charge in [-0.05, 0) is 53.3 Å². The van der Waals surface area contributed by atoms with Crippen molar-refractivity contribution in [1.29, 1.82) is 0 Å². The minimum atomic E-state index is -0.889. The second kappa shape index (κ2) is 9.22. The molecule has 0 amide bonds. The van der Waals surface area contributed by atoms with Gasteiger partial charge in [0, 0.05) is 32.7 Å². The Bertz CT molecular complexity index is 535. The molecule has 0 radical (unpaired) electrons. The van der Waals surface area contributed by atoms with Crippen molar-refractivity contribution in [2.75, 3.05) is 46.4 Å². The van der Waals surface area contributed by atoms with Gasteiger partial charge in [0.1, 0.15) is 5.75 Å². The van der Waals surface area contributed by atoms with E-state index in [1.807, 2.05) is 38.1 Å². The van der Waals surface area contributed by atoms with Crippen LogP contribution in [0, 0.1) is 0 Å². The molecule has 0 unspecified atom stereocenters. The number of aliphatic hydroxyl groups is 1. The minimum absolute atomic E-state index is 0.473. The number of hydrogen-bond donors (Lipinski definition) is 1. The summed E-state index contributed by atoms with van der Waals surface area (Å²) in [5.74, 6) is 0.897. The third-order valence-corrected chi connectivity index (χ3v) is 5.48. The Labute approximate surface area is 159 Å². The van der Waals surface area contributed by atoms with E-state index in [0.717, 1.165) is 57.0 Å². The normalized spacial score (nSPS) is 17.3. The average Bonchev–Trinajstić information content (AvgIpc) is 2.58. The van der Waals surface area contributed by atoms with Crippen LogP contribution in [0.3, 0.4) is 0 Å². The van der Waals surface area contributed by atoms with Crippen LogP contribution in [0.15, 0.2) is 24.3 Å². The Hall–Kier alpha value is -1.08. The first kappa shape index (κ1) is 21.2. The molecule has 1 N–H and O–H groups in total. The molecule has 2 rings (SSSR count). The second-order valence-electron chi connectivity index (χ2n) is 8.35. The van der Waals surface area contributed by atoms with E-state index in [9.17, 15) is 5.11 Å². The molecule has 0 atom stereocenters. The standard InChI is InChI=1S/C20H35BN2O3/c1-19(2,24)20(3,4)26-21-17-7-9-18(10-8-17)25-16-6-11-23-14-12-22(5)13-15-23/h7-10,21,24H,6,11-16H2,1-5H3. The quantitative estimate of drug-likeness (QED) is 0.529. The molecule has 6 heteroatoms. The van der Waals surface area contributed by atoms with Crippen molar-refractivity contribution in [1.82, 2.24) is 9.80 Å². The smallest absolute Gasteiger partial charge is 0.309 e. The number of hydrogen-bond acceptors (Lipinski definition) is 5. The van der Waals surface area contributed by atoms with Crippen molar-refractivity contribution in [3.63, 3.8) is 0 Å². The summed E-state index contributed by atoms with van der Waals surface area (Å²) in [5.41, 5.74) is -0.419. The van der Waals surface area contributed by atoms with E-state index in [0.29, 0.717) is 7.48 Å². The summed E-state index contributed by atoms with van der Waals surface area (Å²) in [6.45, 7) is 13.8. The first-order valence-corrected chi connectivity index (χ1v) is 9.66. The summed E-state index contributed by atoms with van der Waals surface area (Å²) in [4.78, 5) is 4.88. The number of piperazine rings is 1. The first-order valence-electron chi connectivity index (χ1n) is 9.66. The SMILES string of the molecule is CN1CCN(CCCOc2ccc(BOC(C)(C)C(C)(C)O)cc2)CC1. The largest absolute Gasteiger partial charge is 0.494 e. The van der Waals surface area contributed by atoms with Crippen molar-refractivity contribution in [2.45, 2.75) is 45.3 Å². The highest BCUT2D eigenvalue weighted by atomic mass is 16.5. The van der Waals surface area contributed by atoms with Gasteiger partial charge in [-0.1, -0.05) is 17.6 Å². The third-order valence-electron chi connectivity index (χ3n) is 5.48. The molecule has 1 aliphatic rings. The summed E-state index contributed by atoms with van der Waals surface area (Å²) < 4.78 is 11.7. The minimum Gasteiger partial charge on any atom is -0.494 e. The number of likely N-dealkylation sites (N-methyl/N-ethyl adjacent to an activating group) is 1. The Kier molecular flexibility index (Phi) is 7.53. The zero-order chi connectivity index (χ0) is 19.2. The van der Waals surface area contributed by atoms with Gasteiger partial charge in [-0.3, -0.25) is 0 Å². The van der Waals surface area contributed by atoms with E-state index >= 15 is 0 Å². The predicted molar refractivity (Wildman–Crippen MR) is 109 cm³/mol. The zero-order valence-corrected chi connectivity index (χ0v) is 17.1. The summed E-state index contributed by atoms with van der Waals surface area (Å²) in [7, 11) is 2.65. The van der Waals surface area contributed by atoms with Gasteiger partial charge in [-0.15, -0.1) is 0 Å². The fraction of sp³-hybridized carbons (Fsp3) is 0.700. The van der Waals surface area contributed by atoms with Crippen molar-refractivity contribution in [3.8, 4) is 5.75 Å². The number of rotatable bonds is 9. The molecule has 1 fully saturated rings. The van der Waals surface area contributed by atoms with Gasteiger partial charge in [-0.25, -0.2) is 0 Å². The zero-order valence-electron chi connectivity index (χ0n) is 17.1. The van der Waals surface area contributed by atoms with E-state index in [2.05, 4.69) is 16.8 Å². The maximum Gasteiger partial charge on any atom is 0.309 e. The van der Waals surface area contributed by atoms with E-state index in [-0.39, 0.29) is 0 Å². The lowest BCUT2D eigenvalue weighted by molar-refractivity contribution is -0.0893. The van der Waals surface area contributed by atoms with Gasteiger partial charge in [0.15, 0.2) is 0 Å². The fourth-order valence-electron chi connectivity index (χ4n) is 2.67.